The Balaban J connectivity index is 2.36. The Labute approximate surface area is 96.8 Å². The fourth-order valence-electron chi connectivity index (χ4n) is 2.12. The molecular weight excluding hydrogens is 208 g/mol. The highest BCUT2D eigenvalue weighted by Gasteiger charge is 2.28. The summed E-state index contributed by atoms with van der Waals surface area (Å²) in [5, 5.41) is 6.96. The Morgan fingerprint density at radius 3 is 2.87 bits per heavy atom. The van der Waals surface area contributed by atoms with Crippen molar-refractivity contribution >= 4 is 17.7 Å². The molecule has 0 saturated heterocycles. The summed E-state index contributed by atoms with van der Waals surface area (Å²) < 4.78 is 0. The van der Waals surface area contributed by atoms with Crippen molar-refractivity contribution < 1.29 is 4.79 Å². The molecule has 0 aromatic carbocycles. The smallest absolute Gasteiger partial charge is 0.236 e. The molecule has 1 aliphatic rings. The van der Waals surface area contributed by atoms with Crippen LogP contribution in [0.15, 0.2) is 0 Å². The molecule has 3 atom stereocenters. The minimum Gasteiger partial charge on any atom is -0.355 e. The highest BCUT2D eigenvalue weighted by molar-refractivity contribution is 7.99. The molecule has 0 aromatic heterocycles. The summed E-state index contributed by atoms with van der Waals surface area (Å²) in [4.78, 5) is 11.5. The second-order valence-electron chi connectivity index (χ2n) is 4.09. The van der Waals surface area contributed by atoms with Gasteiger partial charge in [-0.3, -0.25) is 4.79 Å². The SMILES string of the molecule is CCNC(=O)C(C)NC1CCCC1SC. The molecule has 1 fully saturated rings. The Morgan fingerprint density at radius 2 is 2.27 bits per heavy atom. The maximum atomic E-state index is 11.5. The third-order valence-electron chi connectivity index (χ3n) is 2.96. The van der Waals surface area contributed by atoms with Crippen LogP contribution in [0.1, 0.15) is 33.1 Å². The normalized spacial score (nSPS) is 27.7. The number of rotatable bonds is 5. The molecule has 0 aliphatic heterocycles. The van der Waals surface area contributed by atoms with Crippen molar-refractivity contribution in [3.05, 3.63) is 0 Å². The minimum atomic E-state index is -0.0669. The van der Waals surface area contributed by atoms with E-state index >= 15 is 0 Å². The Bertz CT molecular complexity index is 211. The first-order valence-electron chi connectivity index (χ1n) is 5.75. The third kappa shape index (κ3) is 3.68. The van der Waals surface area contributed by atoms with Crippen molar-refractivity contribution in [2.45, 2.75) is 50.4 Å². The lowest BCUT2D eigenvalue weighted by molar-refractivity contribution is -0.122. The fraction of sp³-hybridized carbons (Fsp3) is 0.909. The summed E-state index contributed by atoms with van der Waals surface area (Å²) >= 11 is 1.91. The first-order valence-corrected chi connectivity index (χ1v) is 7.04. The number of hydrogen-bond donors (Lipinski definition) is 2. The molecule has 3 unspecified atom stereocenters. The van der Waals surface area contributed by atoms with Gasteiger partial charge in [0.05, 0.1) is 6.04 Å². The largest absolute Gasteiger partial charge is 0.355 e. The van der Waals surface area contributed by atoms with Gasteiger partial charge in [0.1, 0.15) is 0 Å². The zero-order valence-electron chi connectivity index (χ0n) is 9.88. The van der Waals surface area contributed by atoms with Crippen LogP contribution in [-0.4, -0.2) is 36.0 Å². The molecule has 2 N–H and O–H groups in total. The molecule has 88 valence electrons. The van der Waals surface area contributed by atoms with Crippen LogP contribution in [0, 0.1) is 0 Å². The second kappa shape index (κ2) is 6.38. The van der Waals surface area contributed by atoms with E-state index in [2.05, 4.69) is 16.9 Å². The molecule has 0 bridgehead atoms. The minimum absolute atomic E-state index is 0.0669. The maximum Gasteiger partial charge on any atom is 0.236 e. The Hall–Kier alpha value is -0.220. The van der Waals surface area contributed by atoms with Crippen molar-refractivity contribution in [3.8, 4) is 0 Å². The molecule has 1 rings (SSSR count). The maximum absolute atomic E-state index is 11.5. The highest BCUT2D eigenvalue weighted by Crippen LogP contribution is 2.28. The lowest BCUT2D eigenvalue weighted by Gasteiger charge is -2.23. The Kier molecular flexibility index (Phi) is 5.47. The van der Waals surface area contributed by atoms with E-state index in [-0.39, 0.29) is 11.9 Å². The van der Waals surface area contributed by atoms with E-state index in [1.165, 1.54) is 19.3 Å². The third-order valence-corrected chi connectivity index (χ3v) is 4.13. The highest BCUT2D eigenvalue weighted by atomic mass is 32.2. The lowest BCUT2D eigenvalue weighted by atomic mass is 10.2. The predicted molar refractivity (Wildman–Crippen MR) is 66.2 cm³/mol. The lowest BCUT2D eigenvalue weighted by Crippen LogP contribution is -2.48. The Morgan fingerprint density at radius 1 is 1.53 bits per heavy atom. The van der Waals surface area contributed by atoms with Crippen LogP contribution in [-0.2, 0) is 4.79 Å². The molecule has 1 saturated carbocycles. The summed E-state index contributed by atoms with van der Waals surface area (Å²) in [5.74, 6) is 0.115. The zero-order chi connectivity index (χ0) is 11.3. The molecule has 0 spiro atoms. The molecule has 0 heterocycles. The van der Waals surface area contributed by atoms with Crippen molar-refractivity contribution in [1.29, 1.82) is 0 Å². The van der Waals surface area contributed by atoms with Gasteiger partial charge in [0, 0.05) is 17.8 Å². The molecule has 1 amide bonds. The monoisotopic (exact) mass is 230 g/mol. The van der Waals surface area contributed by atoms with E-state index in [9.17, 15) is 4.79 Å². The number of amides is 1. The molecule has 0 radical (unpaired) electrons. The van der Waals surface area contributed by atoms with Crippen LogP contribution in [0.4, 0.5) is 0 Å². The first-order chi connectivity index (χ1) is 7.19. The number of nitrogens with one attached hydrogen (secondary N) is 2. The number of carbonyl (C=O) groups is 1. The topological polar surface area (TPSA) is 41.1 Å². The van der Waals surface area contributed by atoms with Gasteiger partial charge >= 0.3 is 0 Å². The van der Waals surface area contributed by atoms with Crippen molar-refractivity contribution in [3.63, 3.8) is 0 Å². The summed E-state index contributed by atoms with van der Waals surface area (Å²) in [6.45, 7) is 4.60. The summed E-state index contributed by atoms with van der Waals surface area (Å²) in [7, 11) is 0. The second-order valence-corrected chi connectivity index (χ2v) is 5.17. The van der Waals surface area contributed by atoms with Crippen LogP contribution in [0.25, 0.3) is 0 Å². The van der Waals surface area contributed by atoms with E-state index in [0.717, 1.165) is 0 Å². The number of thioether (sulfide) groups is 1. The van der Waals surface area contributed by atoms with Crippen molar-refractivity contribution in [2.24, 2.45) is 0 Å². The van der Waals surface area contributed by atoms with Gasteiger partial charge in [-0.25, -0.2) is 0 Å². The van der Waals surface area contributed by atoms with Gasteiger partial charge in [0.15, 0.2) is 0 Å². The van der Waals surface area contributed by atoms with E-state index in [1.807, 2.05) is 25.6 Å². The molecule has 15 heavy (non-hydrogen) atoms. The van der Waals surface area contributed by atoms with Crippen LogP contribution in [0.5, 0.6) is 0 Å². The molecule has 3 nitrogen and oxygen atoms in total. The van der Waals surface area contributed by atoms with Gasteiger partial charge in [-0.2, -0.15) is 11.8 Å². The molecular formula is C11H22N2OS. The first kappa shape index (κ1) is 12.8. The van der Waals surface area contributed by atoms with E-state index in [4.69, 9.17) is 0 Å². The van der Waals surface area contributed by atoms with Crippen molar-refractivity contribution in [2.75, 3.05) is 12.8 Å². The van der Waals surface area contributed by atoms with E-state index in [0.29, 0.717) is 17.8 Å². The number of hydrogen-bond acceptors (Lipinski definition) is 3. The van der Waals surface area contributed by atoms with Crippen LogP contribution in [0.3, 0.4) is 0 Å². The van der Waals surface area contributed by atoms with Gasteiger partial charge < -0.3 is 10.6 Å². The number of carbonyl (C=O) groups excluding carboxylic acids is 1. The quantitative estimate of drug-likeness (QED) is 0.750. The molecule has 4 heteroatoms. The summed E-state index contributed by atoms with van der Waals surface area (Å²) in [5.41, 5.74) is 0. The van der Waals surface area contributed by atoms with Gasteiger partial charge in [-0.1, -0.05) is 6.42 Å². The van der Waals surface area contributed by atoms with Crippen molar-refractivity contribution in [1.82, 2.24) is 10.6 Å². The predicted octanol–water partition coefficient (Wildman–Crippen LogP) is 1.38. The average molecular weight is 230 g/mol. The standard InChI is InChI=1S/C11H22N2OS/c1-4-12-11(14)8(2)13-9-6-5-7-10(9)15-3/h8-10,13H,4-7H2,1-3H3,(H,12,14). The van der Waals surface area contributed by atoms with Gasteiger partial charge in [0.25, 0.3) is 0 Å². The number of likely N-dealkylation sites (N-methyl/N-ethyl adjacent to an activating group) is 1. The van der Waals surface area contributed by atoms with Crippen LogP contribution < -0.4 is 10.6 Å². The van der Waals surface area contributed by atoms with Crippen LogP contribution >= 0.6 is 11.8 Å². The van der Waals surface area contributed by atoms with Crippen LogP contribution in [0.2, 0.25) is 0 Å². The fourth-order valence-corrected chi connectivity index (χ4v) is 3.07. The summed E-state index contributed by atoms with van der Waals surface area (Å²) in [6.07, 6.45) is 5.92. The summed E-state index contributed by atoms with van der Waals surface area (Å²) in [6, 6.07) is 0.445. The molecule has 0 aromatic rings. The van der Waals surface area contributed by atoms with E-state index < -0.39 is 0 Å². The average Bonchev–Trinajstić information content (AvgIpc) is 2.65. The van der Waals surface area contributed by atoms with Gasteiger partial charge in [-0.05, 0) is 32.9 Å². The van der Waals surface area contributed by atoms with E-state index in [1.54, 1.807) is 0 Å². The molecule has 1 aliphatic carbocycles. The van der Waals surface area contributed by atoms with Gasteiger partial charge in [-0.15, -0.1) is 0 Å². The zero-order valence-corrected chi connectivity index (χ0v) is 10.7. The van der Waals surface area contributed by atoms with Gasteiger partial charge in [0.2, 0.25) is 5.91 Å².